The van der Waals surface area contributed by atoms with Crippen molar-refractivity contribution >= 4 is 47.4 Å². The molecule has 0 bridgehead atoms. The van der Waals surface area contributed by atoms with Gasteiger partial charge in [0.15, 0.2) is 0 Å². The normalized spacial score (nSPS) is 17.0. The van der Waals surface area contributed by atoms with Gasteiger partial charge in [-0.25, -0.2) is 9.59 Å². The molecular weight excluding hydrogens is 528 g/mol. The van der Waals surface area contributed by atoms with E-state index in [0.29, 0.717) is 0 Å². The number of carboxylic acids is 2. The van der Waals surface area contributed by atoms with Crippen molar-refractivity contribution in [3.63, 3.8) is 0 Å². The van der Waals surface area contributed by atoms with Crippen LogP contribution in [-0.2, 0) is 32.1 Å². The van der Waals surface area contributed by atoms with Crippen LogP contribution in [0, 0.1) is 5.92 Å². The molecule has 1 amide bonds. The van der Waals surface area contributed by atoms with Crippen molar-refractivity contribution in [2.24, 2.45) is 5.92 Å². The summed E-state index contributed by atoms with van der Waals surface area (Å²) in [4.78, 5) is 36.4. The van der Waals surface area contributed by atoms with Crippen molar-refractivity contribution in [3.8, 4) is 0 Å². The van der Waals surface area contributed by atoms with Crippen molar-refractivity contribution in [2.75, 3.05) is 13.7 Å². The van der Waals surface area contributed by atoms with Crippen LogP contribution >= 0.6 is 0 Å². The van der Waals surface area contributed by atoms with Crippen LogP contribution in [0.1, 0.15) is 30.9 Å². The van der Waals surface area contributed by atoms with E-state index in [1.807, 2.05) is 67.6 Å². The van der Waals surface area contributed by atoms with E-state index in [0.717, 1.165) is 30.5 Å². The molecule has 3 N–H and O–H groups in total. The van der Waals surface area contributed by atoms with Gasteiger partial charge < -0.3 is 25.2 Å². The van der Waals surface area contributed by atoms with Gasteiger partial charge in [-0.3, -0.25) is 4.79 Å². The number of methoxy groups -OCH3 is 1. The quantitative estimate of drug-likeness (QED) is 0.381. The summed E-state index contributed by atoms with van der Waals surface area (Å²) in [7, 11) is 1.62. The number of carbonyl (C=O) groups excluding carboxylic acids is 1. The predicted molar refractivity (Wildman–Crippen MR) is 140 cm³/mol. The van der Waals surface area contributed by atoms with Gasteiger partial charge in [0.1, 0.15) is 6.04 Å². The number of hydrogen-bond acceptors (Lipinski definition) is 5. The molecule has 1 aliphatic rings. The molecule has 1 heterocycles. The van der Waals surface area contributed by atoms with Crippen LogP contribution in [0.25, 0.3) is 0 Å². The van der Waals surface area contributed by atoms with Gasteiger partial charge >= 0.3 is 47.7 Å². The van der Waals surface area contributed by atoms with Crippen LogP contribution in [0.4, 0.5) is 13.2 Å². The number of benzene rings is 2. The Morgan fingerprint density at radius 2 is 1.54 bits per heavy atom. The number of nitrogens with zero attached hydrogens (tertiary/aromatic N) is 1. The Morgan fingerprint density at radius 3 is 1.95 bits per heavy atom. The number of ether oxygens (including phenoxy) is 1. The molecule has 1 fully saturated rings. The van der Waals surface area contributed by atoms with Crippen LogP contribution in [0.3, 0.4) is 0 Å². The van der Waals surface area contributed by atoms with Crippen molar-refractivity contribution in [3.05, 3.63) is 71.8 Å². The first-order chi connectivity index (χ1) is 18.0. The molecule has 2 aromatic carbocycles. The molecule has 1 saturated heterocycles. The zero-order chi connectivity index (χ0) is 28.3. The molecule has 1 aliphatic heterocycles. The molecule has 0 radical (unpaired) electrons. The Balaban J connectivity index is 0.000000841. The van der Waals surface area contributed by atoms with Gasteiger partial charge in [0, 0.05) is 26.1 Å². The SMILES string of the molecule is CO[C@@H]([C@@H]1CCCN1)[C@@H](C)C(=O)N(Cc1ccccc1)[C@@H](Cc1ccccc1)C(=O)O.O=C(O)C(F)(F)F.[NaH]. The topological polar surface area (TPSA) is 116 Å². The van der Waals surface area contributed by atoms with E-state index in [2.05, 4.69) is 5.32 Å². The Hall–Kier alpha value is -2.44. The van der Waals surface area contributed by atoms with Gasteiger partial charge in [0.05, 0.1) is 12.0 Å². The van der Waals surface area contributed by atoms with E-state index in [4.69, 9.17) is 14.6 Å². The molecule has 0 aliphatic carbocycles. The Kier molecular flexibility index (Phi) is 14.7. The van der Waals surface area contributed by atoms with E-state index in [-0.39, 0.29) is 60.6 Å². The predicted octanol–water partition coefficient (Wildman–Crippen LogP) is 3.10. The zero-order valence-electron chi connectivity index (χ0n) is 21.2. The number of carbonyl (C=O) groups is 3. The summed E-state index contributed by atoms with van der Waals surface area (Å²) in [5.41, 5.74) is 1.78. The van der Waals surface area contributed by atoms with E-state index >= 15 is 0 Å². The number of aliphatic carboxylic acids is 2. The van der Waals surface area contributed by atoms with Gasteiger partial charge in [-0.15, -0.1) is 0 Å². The third-order valence-corrected chi connectivity index (χ3v) is 6.30. The summed E-state index contributed by atoms with van der Waals surface area (Å²) in [5.74, 6) is -4.43. The summed E-state index contributed by atoms with van der Waals surface area (Å²) in [6.07, 6.45) is -3.15. The Labute approximate surface area is 247 Å². The zero-order valence-corrected chi connectivity index (χ0v) is 21.2. The van der Waals surface area contributed by atoms with E-state index in [9.17, 15) is 27.9 Å². The maximum atomic E-state index is 13.7. The molecule has 39 heavy (non-hydrogen) atoms. The molecule has 3 rings (SSSR count). The fourth-order valence-corrected chi connectivity index (χ4v) is 4.40. The summed E-state index contributed by atoms with van der Waals surface area (Å²) in [6.45, 7) is 2.99. The van der Waals surface area contributed by atoms with E-state index < -0.39 is 30.1 Å². The average Bonchev–Trinajstić information content (AvgIpc) is 3.41. The van der Waals surface area contributed by atoms with E-state index in [1.165, 1.54) is 4.90 Å². The van der Waals surface area contributed by atoms with Gasteiger partial charge in [0.25, 0.3) is 0 Å². The van der Waals surface area contributed by atoms with Gasteiger partial charge in [0.2, 0.25) is 5.91 Å². The molecule has 0 aromatic heterocycles. The molecular formula is C27H34F3N2NaO6. The molecule has 8 nitrogen and oxygen atoms in total. The first-order valence-corrected chi connectivity index (χ1v) is 12.1. The second-order valence-corrected chi connectivity index (χ2v) is 8.99. The van der Waals surface area contributed by atoms with Crippen LogP contribution in [0.5, 0.6) is 0 Å². The number of halogens is 3. The summed E-state index contributed by atoms with van der Waals surface area (Å²) >= 11 is 0. The van der Waals surface area contributed by atoms with Crippen molar-refractivity contribution in [1.29, 1.82) is 0 Å². The van der Waals surface area contributed by atoms with Crippen LogP contribution in [0.15, 0.2) is 60.7 Å². The fraction of sp³-hybridized carbons (Fsp3) is 0.444. The molecule has 4 atom stereocenters. The third kappa shape index (κ3) is 10.9. The minimum absolute atomic E-state index is 0. The van der Waals surface area contributed by atoms with Gasteiger partial charge in [-0.2, -0.15) is 13.2 Å². The monoisotopic (exact) mass is 562 g/mol. The second kappa shape index (κ2) is 16.6. The number of nitrogens with one attached hydrogen (secondary N) is 1. The second-order valence-electron chi connectivity index (χ2n) is 8.99. The minimum atomic E-state index is -5.08. The molecule has 210 valence electrons. The molecule has 0 saturated carbocycles. The standard InChI is InChI=1S/C25H32N2O4.C2HF3O2.Na.H/c1-18(23(31-2)21-14-9-15-26-21)24(28)27(17-20-12-7-4-8-13-20)22(25(29)30)16-19-10-5-3-6-11-19;3-2(4,5)1(6)7;;/h3-8,10-13,18,21-23,26H,9,14-17H2,1-2H3,(H,29,30);(H,6,7);;/t18-,21+,22+,23-;;;/m1.../s1. The first kappa shape index (κ1) is 34.6. The van der Waals surface area contributed by atoms with Crippen molar-refractivity contribution in [1.82, 2.24) is 10.2 Å². The Bertz CT molecular complexity index is 1040. The van der Waals surface area contributed by atoms with E-state index in [1.54, 1.807) is 7.11 Å². The van der Waals surface area contributed by atoms with Crippen molar-refractivity contribution in [2.45, 2.75) is 57.1 Å². The number of amides is 1. The number of rotatable bonds is 10. The molecule has 12 heteroatoms. The van der Waals surface area contributed by atoms with Crippen LogP contribution in [-0.4, -0.2) is 101 Å². The number of carboxylic acid groups (broad SMARTS) is 2. The van der Waals surface area contributed by atoms with Crippen molar-refractivity contribution < 1.29 is 42.5 Å². The number of alkyl halides is 3. The van der Waals surface area contributed by atoms with Crippen LogP contribution < -0.4 is 5.32 Å². The maximum absolute atomic E-state index is 13.7. The Morgan fingerprint density at radius 1 is 1.03 bits per heavy atom. The fourth-order valence-electron chi connectivity index (χ4n) is 4.40. The summed E-state index contributed by atoms with van der Waals surface area (Å²) < 4.78 is 37.5. The van der Waals surface area contributed by atoms with Gasteiger partial charge in [-0.1, -0.05) is 67.6 Å². The number of hydrogen-bond donors (Lipinski definition) is 3. The summed E-state index contributed by atoms with van der Waals surface area (Å²) in [5, 5.41) is 20.6. The van der Waals surface area contributed by atoms with Crippen LogP contribution in [0.2, 0.25) is 0 Å². The average molecular weight is 563 g/mol. The molecule has 0 spiro atoms. The third-order valence-electron chi connectivity index (χ3n) is 6.30. The first-order valence-electron chi connectivity index (χ1n) is 12.1. The molecule has 0 unspecified atom stereocenters. The van der Waals surface area contributed by atoms with Gasteiger partial charge in [-0.05, 0) is 30.5 Å². The molecule has 2 aromatic rings. The summed E-state index contributed by atoms with van der Waals surface area (Å²) in [6, 6.07) is 18.1.